The lowest BCUT2D eigenvalue weighted by Gasteiger charge is -2.36. The molecule has 0 aliphatic carbocycles. The molecule has 2 aliphatic heterocycles. The number of carbonyl (C=O) groups is 2. The second-order valence-electron chi connectivity index (χ2n) is 6.86. The molecule has 0 spiro atoms. The zero-order chi connectivity index (χ0) is 17.8. The molecule has 1 aromatic carbocycles. The number of aromatic hydroxyl groups is 1. The Bertz CT molecular complexity index is 640. The second kappa shape index (κ2) is 7.76. The minimum Gasteiger partial charge on any atom is -0.507 e. The van der Waals surface area contributed by atoms with Gasteiger partial charge in [-0.2, -0.15) is 0 Å². The summed E-state index contributed by atoms with van der Waals surface area (Å²) in [7, 11) is 1.51. The maximum atomic E-state index is 12.8. The molecule has 1 aromatic rings. The van der Waals surface area contributed by atoms with Gasteiger partial charge in [-0.05, 0) is 44.2 Å². The number of phenols is 1. The summed E-state index contributed by atoms with van der Waals surface area (Å²) in [5.41, 5.74) is 0.256. The zero-order valence-corrected chi connectivity index (χ0v) is 14.7. The summed E-state index contributed by atoms with van der Waals surface area (Å²) in [6.45, 7) is 2.72. The lowest BCUT2D eigenvalue weighted by molar-refractivity contribution is -0.137. The predicted molar refractivity (Wildman–Crippen MR) is 93.7 cm³/mol. The molecule has 2 aliphatic rings. The molecule has 1 atom stereocenters. The van der Waals surface area contributed by atoms with Gasteiger partial charge in [-0.1, -0.05) is 0 Å². The van der Waals surface area contributed by atoms with Gasteiger partial charge in [-0.25, -0.2) is 0 Å². The first kappa shape index (κ1) is 17.6. The van der Waals surface area contributed by atoms with Crippen molar-refractivity contribution in [1.29, 1.82) is 0 Å². The number of hydrogen-bond acceptors (Lipinski definition) is 4. The van der Waals surface area contributed by atoms with Gasteiger partial charge in [0.05, 0.1) is 18.6 Å². The van der Waals surface area contributed by atoms with E-state index < -0.39 is 0 Å². The number of ether oxygens (including phenoxy) is 1. The Kier molecular flexibility index (Phi) is 5.46. The number of benzene rings is 1. The Labute approximate surface area is 148 Å². The standard InChI is InChI=1S/C19H26N2O4/c1-25-15-7-8-16(17(22)12-15)19(24)21-11-5-6-14(13-21)18(23)20-9-3-2-4-10-20/h7-8,12,14,22H,2-6,9-11,13H2,1H3/t14-/m0/s1. The average Bonchev–Trinajstić information content (AvgIpc) is 2.67. The van der Waals surface area contributed by atoms with E-state index in [2.05, 4.69) is 0 Å². The van der Waals surface area contributed by atoms with Crippen LogP contribution in [0.25, 0.3) is 0 Å². The van der Waals surface area contributed by atoms with Gasteiger partial charge in [0.25, 0.3) is 5.91 Å². The van der Waals surface area contributed by atoms with Crippen molar-refractivity contribution in [3.8, 4) is 11.5 Å². The predicted octanol–water partition coefficient (Wildman–Crippen LogP) is 2.27. The first-order valence-corrected chi connectivity index (χ1v) is 9.05. The largest absolute Gasteiger partial charge is 0.507 e. The molecule has 136 valence electrons. The summed E-state index contributed by atoms with van der Waals surface area (Å²) >= 11 is 0. The molecule has 6 heteroatoms. The first-order chi connectivity index (χ1) is 12.1. The fourth-order valence-electron chi connectivity index (χ4n) is 3.73. The van der Waals surface area contributed by atoms with E-state index >= 15 is 0 Å². The third-order valence-corrected chi connectivity index (χ3v) is 5.16. The molecule has 6 nitrogen and oxygen atoms in total. The molecule has 1 N–H and O–H groups in total. The normalized spacial score (nSPS) is 21.1. The van der Waals surface area contributed by atoms with Crippen LogP contribution in [0.15, 0.2) is 18.2 Å². The van der Waals surface area contributed by atoms with Crippen molar-refractivity contribution >= 4 is 11.8 Å². The quantitative estimate of drug-likeness (QED) is 0.911. The third kappa shape index (κ3) is 3.89. The number of phenolic OH excluding ortho intramolecular Hbond substituents is 1. The number of amides is 2. The van der Waals surface area contributed by atoms with Crippen LogP contribution in [0.4, 0.5) is 0 Å². The van der Waals surface area contributed by atoms with Crippen LogP contribution in [0, 0.1) is 5.92 Å². The van der Waals surface area contributed by atoms with E-state index in [0.29, 0.717) is 18.8 Å². The summed E-state index contributed by atoms with van der Waals surface area (Å²) in [5, 5.41) is 10.1. The molecule has 0 aromatic heterocycles. The molecule has 2 amide bonds. The molecule has 2 saturated heterocycles. The van der Waals surface area contributed by atoms with E-state index in [0.717, 1.165) is 38.8 Å². The molecule has 3 rings (SSSR count). The van der Waals surface area contributed by atoms with Gasteiger partial charge >= 0.3 is 0 Å². The summed E-state index contributed by atoms with van der Waals surface area (Å²) in [5.74, 6) is 0.239. The third-order valence-electron chi connectivity index (χ3n) is 5.16. The Morgan fingerprint density at radius 3 is 2.48 bits per heavy atom. The van der Waals surface area contributed by atoms with Crippen LogP contribution in [0.2, 0.25) is 0 Å². The highest BCUT2D eigenvalue weighted by atomic mass is 16.5. The molecule has 0 radical (unpaired) electrons. The fraction of sp³-hybridized carbons (Fsp3) is 0.579. The maximum Gasteiger partial charge on any atom is 0.257 e. The maximum absolute atomic E-state index is 12.8. The number of likely N-dealkylation sites (tertiary alicyclic amines) is 2. The monoisotopic (exact) mass is 346 g/mol. The van der Waals surface area contributed by atoms with Crippen LogP contribution in [-0.4, -0.2) is 60.0 Å². The molecule has 2 fully saturated rings. The van der Waals surface area contributed by atoms with Crippen LogP contribution in [-0.2, 0) is 4.79 Å². The van der Waals surface area contributed by atoms with E-state index in [9.17, 15) is 14.7 Å². The highest BCUT2D eigenvalue weighted by Gasteiger charge is 2.32. The van der Waals surface area contributed by atoms with E-state index in [4.69, 9.17) is 4.74 Å². The smallest absolute Gasteiger partial charge is 0.257 e. The molecular formula is C19H26N2O4. The minimum atomic E-state index is -0.226. The van der Waals surface area contributed by atoms with E-state index in [1.165, 1.54) is 19.6 Å². The van der Waals surface area contributed by atoms with Gasteiger partial charge in [0.1, 0.15) is 11.5 Å². The molecule has 0 saturated carbocycles. The second-order valence-corrected chi connectivity index (χ2v) is 6.86. The van der Waals surface area contributed by atoms with Gasteiger partial charge < -0.3 is 19.6 Å². The Hall–Kier alpha value is -2.24. The topological polar surface area (TPSA) is 70.1 Å². The number of carbonyl (C=O) groups excluding carboxylic acids is 2. The van der Waals surface area contributed by atoms with Crippen molar-refractivity contribution in [2.45, 2.75) is 32.1 Å². The van der Waals surface area contributed by atoms with Crippen LogP contribution in [0.5, 0.6) is 11.5 Å². The van der Waals surface area contributed by atoms with Crippen molar-refractivity contribution in [2.75, 3.05) is 33.3 Å². The number of piperidine rings is 2. The van der Waals surface area contributed by atoms with E-state index in [1.54, 1.807) is 17.0 Å². The number of methoxy groups -OCH3 is 1. The van der Waals surface area contributed by atoms with Gasteiger partial charge in [-0.3, -0.25) is 9.59 Å². The molecule has 0 bridgehead atoms. The summed E-state index contributed by atoms with van der Waals surface area (Å²) in [6, 6.07) is 4.67. The van der Waals surface area contributed by atoms with Gasteiger partial charge in [0, 0.05) is 32.2 Å². The Morgan fingerprint density at radius 1 is 1.08 bits per heavy atom. The van der Waals surface area contributed by atoms with Crippen LogP contribution >= 0.6 is 0 Å². The lowest BCUT2D eigenvalue weighted by Crippen LogP contribution is -2.47. The zero-order valence-electron chi connectivity index (χ0n) is 14.7. The number of rotatable bonds is 3. The first-order valence-electron chi connectivity index (χ1n) is 9.05. The van der Waals surface area contributed by atoms with Crippen molar-refractivity contribution in [1.82, 2.24) is 9.80 Å². The minimum absolute atomic E-state index is 0.0890. The Balaban J connectivity index is 1.68. The SMILES string of the molecule is COc1ccc(C(=O)N2CCC[C@H](C(=O)N3CCCCC3)C2)c(O)c1. The lowest BCUT2D eigenvalue weighted by atomic mass is 9.95. The van der Waals surface area contributed by atoms with Crippen LogP contribution in [0.1, 0.15) is 42.5 Å². The highest BCUT2D eigenvalue weighted by molar-refractivity contribution is 5.97. The van der Waals surface area contributed by atoms with Crippen molar-refractivity contribution < 1.29 is 19.4 Å². The number of hydrogen-bond donors (Lipinski definition) is 1. The number of nitrogens with zero attached hydrogens (tertiary/aromatic N) is 2. The van der Waals surface area contributed by atoms with Crippen LogP contribution < -0.4 is 4.74 Å². The molecule has 25 heavy (non-hydrogen) atoms. The summed E-state index contributed by atoms with van der Waals surface area (Å²) in [4.78, 5) is 29.1. The highest BCUT2D eigenvalue weighted by Crippen LogP contribution is 2.27. The van der Waals surface area contributed by atoms with Crippen molar-refractivity contribution in [2.24, 2.45) is 5.92 Å². The summed E-state index contributed by atoms with van der Waals surface area (Å²) < 4.78 is 5.06. The van der Waals surface area contributed by atoms with Crippen LogP contribution in [0.3, 0.4) is 0 Å². The van der Waals surface area contributed by atoms with Crippen molar-refractivity contribution in [3.05, 3.63) is 23.8 Å². The van der Waals surface area contributed by atoms with Gasteiger partial charge in [-0.15, -0.1) is 0 Å². The van der Waals surface area contributed by atoms with Crippen molar-refractivity contribution in [3.63, 3.8) is 0 Å². The molecular weight excluding hydrogens is 320 g/mol. The van der Waals surface area contributed by atoms with E-state index in [-0.39, 0.29) is 29.0 Å². The van der Waals surface area contributed by atoms with Gasteiger partial charge in [0.15, 0.2) is 0 Å². The molecule has 2 heterocycles. The molecule has 0 unspecified atom stereocenters. The average molecular weight is 346 g/mol. The Morgan fingerprint density at radius 2 is 1.80 bits per heavy atom. The van der Waals surface area contributed by atoms with E-state index in [1.807, 2.05) is 4.90 Å². The van der Waals surface area contributed by atoms with Gasteiger partial charge in [0.2, 0.25) is 5.91 Å². The summed E-state index contributed by atoms with van der Waals surface area (Å²) in [6.07, 6.45) is 4.97. The fourth-order valence-corrected chi connectivity index (χ4v) is 3.73.